The lowest BCUT2D eigenvalue weighted by molar-refractivity contribution is 0.0272. The Labute approximate surface area is 145 Å². The van der Waals surface area contributed by atoms with Gasteiger partial charge in [-0.15, -0.1) is 6.58 Å². The second kappa shape index (κ2) is 7.75. The summed E-state index contributed by atoms with van der Waals surface area (Å²) in [7, 11) is 8.82. The zero-order valence-electron chi connectivity index (χ0n) is 14.7. The third-order valence-corrected chi connectivity index (χ3v) is 4.19. The van der Waals surface area contributed by atoms with Crippen LogP contribution in [0.15, 0.2) is 30.9 Å². The maximum absolute atomic E-state index is 12.2. The molecule has 1 heterocycles. The average molecular weight is 329 g/mol. The first-order valence-electron chi connectivity index (χ1n) is 8.01. The molecule has 1 saturated heterocycles. The van der Waals surface area contributed by atoms with Crippen molar-refractivity contribution in [2.24, 2.45) is 5.92 Å². The fraction of sp³-hybridized carbons (Fsp3) is 0.500. The topological polar surface area (TPSA) is 48.0 Å². The number of ether oxygens (including phenoxy) is 3. The molecule has 2 radical (unpaired) electrons. The minimum absolute atomic E-state index is 0.181. The van der Waals surface area contributed by atoms with E-state index in [0.29, 0.717) is 23.0 Å². The Morgan fingerprint density at radius 1 is 1.38 bits per heavy atom. The van der Waals surface area contributed by atoms with E-state index in [2.05, 4.69) is 20.4 Å². The Kier molecular flexibility index (Phi) is 5.94. The Hall–Kier alpha value is -1.95. The number of methoxy groups -OCH3 is 2. The molecule has 0 spiro atoms. The van der Waals surface area contributed by atoms with Crippen molar-refractivity contribution in [2.75, 3.05) is 14.2 Å². The predicted octanol–water partition coefficient (Wildman–Crippen LogP) is 3.29. The van der Waals surface area contributed by atoms with Gasteiger partial charge in [-0.3, -0.25) is 4.79 Å². The van der Waals surface area contributed by atoms with Crippen molar-refractivity contribution in [3.05, 3.63) is 36.4 Å². The lowest BCUT2D eigenvalue weighted by Crippen LogP contribution is -2.40. The van der Waals surface area contributed by atoms with Crippen molar-refractivity contribution in [3.8, 4) is 11.5 Å². The average Bonchev–Trinajstić information content (AvgIpc) is 2.91. The zero-order valence-corrected chi connectivity index (χ0v) is 14.7. The first-order chi connectivity index (χ1) is 11.4. The molecule has 1 aliphatic heterocycles. The number of rotatable bonds is 6. The summed E-state index contributed by atoms with van der Waals surface area (Å²) in [5.41, 5.74) is 0.652. The second-order valence-corrected chi connectivity index (χ2v) is 6.21. The number of nitrogens with zero attached hydrogens (tertiary/aromatic N) is 1. The van der Waals surface area contributed by atoms with Crippen LogP contribution in [-0.2, 0) is 4.74 Å². The van der Waals surface area contributed by atoms with Gasteiger partial charge in [-0.05, 0) is 24.5 Å². The maximum Gasteiger partial charge on any atom is 0.200 e. The summed E-state index contributed by atoms with van der Waals surface area (Å²) in [5.74, 6) is 1.00. The monoisotopic (exact) mass is 329 g/mol. The van der Waals surface area contributed by atoms with Crippen LogP contribution < -0.4 is 9.47 Å². The number of amides is 1. The maximum atomic E-state index is 12.2. The Morgan fingerprint density at radius 3 is 2.38 bits per heavy atom. The Morgan fingerprint density at radius 2 is 1.96 bits per heavy atom. The van der Waals surface area contributed by atoms with E-state index in [1.807, 2.05) is 6.07 Å². The lowest BCUT2D eigenvalue weighted by atomic mass is 9.95. The van der Waals surface area contributed by atoms with Crippen LogP contribution in [0.3, 0.4) is 0 Å². The van der Waals surface area contributed by atoms with E-state index < -0.39 is 12.0 Å². The molecule has 3 atom stereocenters. The van der Waals surface area contributed by atoms with Crippen LogP contribution in [0.5, 0.6) is 11.5 Å². The van der Waals surface area contributed by atoms with Crippen LogP contribution in [0.2, 0.25) is 0 Å². The predicted molar refractivity (Wildman–Crippen MR) is 93.6 cm³/mol. The van der Waals surface area contributed by atoms with E-state index in [4.69, 9.17) is 22.1 Å². The molecule has 2 rings (SSSR count). The molecule has 0 bridgehead atoms. The SMILES string of the molecule is [B]C(=O)N1C(c2c(OC)cccc2OC)O[C@@H](C=C)C1CC(C)C. The van der Waals surface area contributed by atoms with Crippen LogP contribution >= 0.6 is 0 Å². The molecule has 5 nitrogen and oxygen atoms in total. The molecular formula is C18H24BNO4. The third-order valence-electron chi connectivity index (χ3n) is 4.19. The summed E-state index contributed by atoms with van der Waals surface area (Å²) in [6.45, 7) is 8.03. The van der Waals surface area contributed by atoms with E-state index in [1.54, 1.807) is 37.3 Å². The summed E-state index contributed by atoms with van der Waals surface area (Å²) >= 11 is 0. The van der Waals surface area contributed by atoms with Crippen LogP contribution in [0.25, 0.3) is 0 Å². The molecular weight excluding hydrogens is 305 g/mol. The fourth-order valence-corrected chi connectivity index (χ4v) is 3.19. The quantitative estimate of drug-likeness (QED) is 0.593. The Balaban J connectivity index is 2.53. The normalized spacial score (nSPS) is 23.4. The molecule has 0 N–H and O–H groups in total. The van der Waals surface area contributed by atoms with Gasteiger partial charge >= 0.3 is 0 Å². The zero-order chi connectivity index (χ0) is 17.9. The van der Waals surface area contributed by atoms with Crippen molar-refractivity contribution in [2.45, 2.75) is 38.6 Å². The third kappa shape index (κ3) is 3.43. The Bertz CT molecular complexity index is 582. The largest absolute Gasteiger partial charge is 0.496 e. The van der Waals surface area contributed by atoms with E-state index in [9.17, 15) is 4.79 Å². The molecule has 0 saturated carbocycles. The van der Waals surface area contributed by atoms with Gasteiger partial charge in [0.05, 0.1) is 31.9 Å². The summed E-state index contributed by atoms with van der Waals surface area (Å²) in [6, 6.07) is 5.25. The van der Waals surface area contributed by atoms with Gasteiger partial charge in [0.1, 0.15) is 11.5 Å². The van der Waals surface area contributed by atoms with Crippen LogP contribution in [0.1, 0.15) is 32.1 Å². The number of benzene rings is 1. The first kappa shape index (κ1) is 18.4. The number of carbonyl (C=O) groups excluding carboxylic acids is 1. The number of carbonyl (C=O) groups is 1. The molecule has 1 amide bonds. The number of hydrogen-bond acceptors (Lipinski definition) is 4. The van der Waals surface area contributed by atoms with Crippen molar-refractivity contribution < 1.29 is 19.0 Å². The standard InChI is InChI=1S/C18H24BNO4/c1-6-13-12(10-11(2)3)20(18(19)21)17(24-13)16-14(22-4)8-7-9-15(16)23-5/h6-9,11-13,17H,1,10H2,2-5H3/t12?,13-,17?/m0/s1. The van der Waals surface area contributed by atoms with Crippen molar-refractivity contribution in [3.63, 3.8) is 0 Å². The summed E-state index contributed by atoms with van der Waals surface area (Å²) in [6.07, 6.45) is 1.48. The van der Waals surface area contributed by atoms with Crippen LogP contribution in [0, 0.1) is 5.92 Å². The first-order valence-corrected chi connectivity index (χ1v) is 8.01. The van der Waals surface area contributed by atoms with Gasteiger partial charge in [-0.25, -0.2) is 0 Å². The van der Waals surface area contributed by atoms with Gasteiger partial charge < -0.3 is 19.1 Å². The fourth-order valence-electron chi connectivity index (χ4n) is 3.19. The molecule has 1 fully saturated rings. The molecule has 1 aliphatic rings. The molecule has 0 aliphatic carbocycles. The van der Waals surface area contributed by atoms with Gasteiger partial charge in [0, 0.05) is 0 Å². The minimum atomic E-state index is -0.680. The van der Waals surface area contributed by atoms with Gasteiger partial charge in [0.2, 0.25) is 7.85 Å². The molecule has 24 heavy (non-hydrogen) atoms. The molecule has 1 aromatic carbocycles. The molecule has 1 aromatic rings. The lowest BCUT2D eigenvalue weighted by Gasteiger charge is -2.30. The molecule has 6 heteroatoms. The van der Waals surface area contributed by atoms with Crippen LogP contribution in [0.4, 0.5) is 4.79 Å². The highest BCUT2D eigenvalue weighted by Gasteiger charge is 2.44. The molecule has 2 unspecified atom stereocenters. The highest BCUT2D eigenvalue weighted by molar-refractivity contribution is 6.57. The van der Waals surface area contributed by atoms with Crippen molar-refractivity contribution >= 4 is 13.7 Å². The van der Waals surface area contributed by atoms with Gasteiger partial charge in [0.25, 0.3) is 0 Å². The van der Waals surface area contributed by atoms with Crippen LogP contribution in [-0.4, -0.2) is 44.9 Å². The van der Waals surface area contributed by atoms with Crippen molar-refractivity contribution in [1.82, 2.24) is 4.90 Å². The van der Waals surface area contributed by atoms with Gasteiger partial charge in [-0.2, -0.15) is 0 Å². The van der Waals surface area contributed by atoms with Gasteiger partial charge in [0.15, 0.2) is 12.0 Å². The summed E-state index contributed by atoms with van der Waals surface area (Å²) in [5, 5.41) is 0. The summed E-state index contributed by atoms with van der Waals surface area (Å²) < 4.78 is 17.0. The summed E-state index contributed by atoms with van der Waals surface area (Å²) in [4.78, 5) is 13.8. The highest BCUT2D eigenvalue weighted by atomic mass is 16.5. The molecule has 0 aromatic heterocycles. The number of hydrogen-bond donors (Lipinski definition) is 0. The smallest absolute Gasteiger partial charge is 0.200 e. The van der Waals surface area contributed by atoms with Crippen molar-refractivity contribution in [1.29, 1.82) is 0 Å². The molecule has 128 valence electrons. The van der Waals surface area contributed by atoms with E-state index >= 15 is 0 Å². The minimum Gasteiger partial charge on any atom is -0.496 e. The highest BCUT2D eigenvalue weighted by Crippen LogP contribution is 2.44. The van der Waals surface area contributed by atoms with E-state index in [0.717, 1.165) is 6.42 Å². The van der Waals surface area contributed by atoms with E-state index in [1.165, 1.54) is 0 Å². The van der Waals surface area contributed by atoms with Gasteiger partial charge in [-0.1, -0.05) is 26.0 Å². The van der Waals surface area contributed by atoms with E-state index in [-0.39, 0.29) is 12.1 Å². The second-order valence-electron chi connectivity index (χ2n) is 6.21.